The summed E-state index contributed by atoms with van der Waals surface area (Å²) in [6, 6.07) is 0. The quantitative estimate of drug-likeness (QED) is 0.229. The van der Waals surface area contributed by atoms with Crippen molar-refractivity contribution in [2.75, 3.05) is 33.4 Å². The third-order valence-electron chi connectivity index (χ3n) is 3.16. The minimum atomic E-state index is 0.758. The van der Waals surface area contributed by atoms with Gasteiger partial charge in [0.1, 0.15) is 0 Å². The molecular weight excluding hydrogens is 216 g/mol. The summed E-state index contributed by atoms with van der Waals surface area (Å²) in [5.74, 6) is 7.10. The van der Waals surface area contributed by atoms with E-state index in [9.17, 15) is 0 Å². The molecule has 0 aromatic carbocycles. The molecule has 0 unspecified atom stereocenters. The fraction of sp³-hybridized carbons (Fsp3) is 0.917. The van der Waals surface area contributed by atoms with Gasteiger partial charge < -0.3 is 9.64 Å². The molecule has 3 N–H and O–H groups in total. The van der Waals surface area contributed by atoms with Gasteiger partial charge in [-0.05, 0) is 32.1 Å². The van der Waals surface area contributed by atoms with Crippen LogP contribution in [0.2, 0.25) is 0 Å². The second-order valence-corrected chi connectivity index (χ2v) is 4.58. The number of rotatable bonds is 7. The van der Waals surface area contributed by atoms with Crippen LogP contribution in [0.1, 0.15) is 32.6 Å². The zero-order chi connectivity index (χ0) is 12.5. The van der Waals surface area contributed by atoms with E-state index in [2.05, 4.69) is 15.3 Å². The van der Waals surface area contributed by atoms with E-state index >= 15 is 0 Å². The highest BCUT2D eigenvalue weighted by atomic mass is 16.5. The number of nitrogens with one attached hydrogen (secondary N) is 1. The Morgan fingerprint density at radius 3 is 2.82 bits per heavy atom. The van der Waals surface area contributed by atoms with Crippen LogP contribution in [-0.4, -0.2) is 44.2 Å². The van der Waals surface area contributed by atoms with Crippen molar-refractivity contribution in [3.8, 4) is 0 Å². The second-order valence-electron chi connectivity index (χ2n) is 4.58. The van der Waals surface area contributed by atoms with Crippen LogP contribution in [-0.2, 0) is 4.74 Å². The van der Waals surface area contributed by atoms with Gasteiger partial charge in [-0.2, -0.15) is 0 Å². The summed E-state index contributed by atoms with van der Waals surface area (Å²) in [7, 11) is 2.04. The number of hydrogen-bond acceptors (Lipinski definition) is 3. The Hall–Kier alpha value is -0.810. The molecule has 0 saturated heterocycles. The molecule has 0 amide bonds. The van der Waals surface area contributed by atoms with Crippen molar-refractivity contribution in [2.24, 2.45) is 16.8 Å². The highest BCUT2D eigenvalue weighted by Gasteiger charge is 2.20. The van der Waals surface area contributed by atoms with Gasteiger partial charge in [0, 0.05) is 33.4 Å². The number of hydrazine groups is 1. The topological polar surface area (TPSA) is 62.9 Å². The molecule has 0 heterocycles. The third-order valence-corrected chi connectivity index (χ3v) is 3.16. The van der Waals surface area contributed by atoms with Crippen LogP contribution in [0.15, 0.2) is 4.99 Å². The summed E-state index contributed by atoms with van der Waals surface area (Å²) in [4.78, 5) is 6.57. The highest BCUT2D eigenvalue weighted by Crippen LogP contribution is 2.26. The maximum absolute atomic E-state index is 5.50. The SMILES string of the molecule is CCOCCCN=C(NN)N(C)CC1CCC1. The van der Waals surface area contributed by atoms with Crippen molar-refractivity contribution in [1.29, 1.82) is 0 Å². The number of nitrogens with two attached hydrogens (primary N) is 1. The summed E-state index contributed by atoms with van der Waals surface area (Å²) in [5.41, 5.74) is 2.68. The summed E-state index contributed by atoms with van der Waals surface area (Å²) in [6.07, 6.45) is 4.99. The van der Waals surface area contributed by atoms with Gasteiger partial charge in [0.05, 0.1) is 0 Å². The van der Waals surface area contributed by atoms with E-state index < -0.39 is 0 Å². The van der Waals surface area contributed by atoms with Gasteiger partial charge in [0.2, 0.25) is 5.96 Å². The van der Waals surface area contributed by atoms with Gasteiger partial charge in [0.25, 0.3) is 0 Å². The van der Waals surface area contributed by atoms with Crippen LogP contribution in [0.3, 0.4) is 0 Å². The summed E-state index contributed by atoms with van der Waals surface area (Å²) in [5, 5.41) is 0. The molecule has 0 atom stereocenters. The van der Waals surface area contributed by atoms with Crippen molar-refractivity contribution in [3.63, 3.8) is 0 Å². The van der Waals surface area contributed by atoms with Crippen LogP contribution in [0.25, 0.3) is 0 Å². The van der Waals surface area contributed by atoms with Gasteiger partial charge >= 0.3 is 0 Å². The molecule has 0 bridgehead atoms. The highest BCUT2D eigenvalue weighted by molar-refractivity contribution is 5.79. The molecule has 5 nitrogen and oxygen atoms in total. The number of nitrogens with zero attached hydrogens (tertiary/aromatic N) is 2. The van der Waals surface area contributed by atoms with E-state index in [0.717, 1.165) is 44.6 Å². The van der Waals surface area contributed by atoms with Crippen LogP contribution >= 0.6 is 0 Å². The standard InChI is InChI=1S/C12H26N4O/c1-3-17-9-5-8-14-12(15-13)16(2)10-11-6-4-7-11/h11H,3-10,13H2,1-2H3,(H,14,15). The van der Waals surface area contributed by atoms with Crippen LogP contribution in [0, 0.1) is 5.92 Å². The van der Waals surface area contributed by atoms with E-state index in [1.54, 1.807) is 0 Å². The monoisotopic (exact) mass is 242 g/mol. The fourth-order valence-electron chi connectivity index (χ4n) is 1.92. The Kier molecular flexibility index (Phi) is 6.96. The molecule has 1 fully saturated rings. The minimum Gasteiger partial charge on any atom is -0.382 e. The van der Waals surface area contributed by atoms with Gasteiger partial charge in [-0.3, -0.25) is 10.4 Å². The Labute approximate surface area is 104 Å². The molecule has 0 aromatic heterocycles. The molecule has 0 radical (unpaired) electrons. The van der Waals surface area contributed by atoms with E-state index in [4.69, 9.17) is 10.6 Å². The number of ether oxygens (including phenoxy) is 1. The van der Waals surface area contributed by atoms with Crippen molar-refractivity contribution >= 4 is 5.96 Å². The predicted octanol–water partition coefficient (Wildman–Crippen LogP) is 0.964. The minimum absolute atomic E-state index is 0.758. The lowest BCUT2D eigenvalue weighted by atomic mass is 9.85. The molecule has 1 rings (SSSR count). The lowest BCUT2D eigenvalue weighted by Gasteiger charge is -2.31. The first-order valence-corrected chi connectivity index (χ1v) is 6.57. The van der Waals surface area contributed by atoms with Crippen LogP contribution < -0.4 is 11.3 Å². The normalized spacial score (nSPS) is 16.8. The van der Waals surface area contributed by atoms with Crippen molar-refractivity contribution in [3.05, 3.63) is 0 Å². The fourth-order valence-corrected chi connectivity index (χ4v) is 1.92. The molecule has 0 spiro atoms. The van der Waals surface area contributed by atoms with Crippen molar-refractivity contribution in [1.82, 2.24) is 10.3 Å². The second kappa shape index (κ2) is 8.31. The van der Waals surface area contributed by atoms with E-state index in [1.165, 1.54) is 19.3 Å². The average molecular weight is 242 g/mol. The smallest absolute Gasteiger partial charge is 0.208 e. The first-order chi connectivity index (χ1) is 8.27. The Morgan fingerprint density at radius 1 is 1.53 bits per heavy atom. The van der Waals surface area contributed by atoms with Gasteiger partial charge in [-0.15, -0.1) is 0 Å². The molecule has 0 aromatic rings. The van der Waals surface area contributed by atoms with E-state index in [-0.39, 0.29) is 0 Å². The average Bonchev–Trinajstić information content (AvgIpc) is 2.28. The Morgan fingerprint density at radius 2 is 2.29 bits per heavy atom. The van der Waals surface area contributed by atoms with Crippen molar-refractivity contribution in [2.45, 2.75) is 32.6 Å². The van der Waals surface area contributed by atoms with Gasteiger partial charge in [-0.1, -0.05) is 6.42 Å². The maximum atomic E-state index is 5.50. The number of guanidine groups is 1. The maximum Gasteiger partial charge on any atom is 0.208 e. The predicted molar refractivity (Wildman–Crippen MR) is 70.7 cm³/mol. The molecule has 100 valence electrons. The molecule has 17 heavy (non-hydrogen) atoms. The molecule has 0 aliphatic heterocycles. The summed E-state index contributed by atoms with van der Waals surface area (Å²) in [6.45, 7) is 5.35. The van der Waals surface area contributed by atoms with E-state index in [1.807, 2.05) is 14.0 Å². The number of hydrogen-bond donors (Lipinski definition) is 2. The Balaban J connectivity index is 2.21. The van der Waals surface area contributed by atoms with E-state index in [0.29, 0.717) is 0 Å². The summed E-state index contributed by atoms with van der Waals surface area (Å²) < 4.78 is 5.27. The molecular formula is C12H26N4O. The van der Waals surface area contributed by atoms with Crippen LogP contribution in [0.4, 0.5) is 0 Å². The lowest BCUT2D eigenvalue weighted by molar-refractivity contribution is 0.146. The summed E-state index contributed by atoms with van der Waals surface area (Å²) >= 11 is 0. The van der Waals surface area contributed by atoms with Gasteiger partial charge in [-0.25, -0.2) is 5.84 Å². The largest absolute Gasteiger partial charge is 0.382 e. The van der Waals surface area contributed by atoms with Gasteiger partial charge in [0.15, 0.2) is 0 Å². The Bertz CT molecular complexity index is 229. The van der Waals surface area contributed by atoms with Crippen LogP contribution in [0.5, 0.6) is 0 Å². The third kappa shape index (κ3) is 5.37. The molecule has 1 aliphatic carbocycles. The number of aliphatic imine (C=N–C) groups is 1. The molecule has 1 aliphatic rings. The molecule has 1 saturated carbocycles. The van der Waals surface area contributed by atoms with Crippen molar-refractivity contribution < 1.29 is 4.74 Å². The zero-order valence-electron chi connectivity index (χ0n) is 11.1. The molecule has 5 heteroatoms. The zero-order valence-corrected chi connectivity index (χ0v) is 11.1. The first kappa shape index (κ1) is 14.3. The lowest BCUT2D eigenvalue weighted by Crippen LogP contribution is -2.45. The first-order valence-electron chi connectivity index (χ1n) is 6.57.